The molecule has 0 aromatic heterocycles. The number of rotatable bonds is 6. The first-order chi connectivity index (χ1) is 14.6. The average Bonchev–Trinajstić information content (AvgIpc) is 3.30. The molecule has 1 amide bonds. The van der Waals surface area contributed by atoms with E-state index in [-0.39, 0.29) is 0 Å². The smallest absolute Gasteiger partial charge is 0.236 e. The Balaban J connectivity index is 1.16. The van der Waals surface area contributed by atoms with Crippen molar-refractivity contribution in [2.24, 2.45) is 0 Å². The molecule has 3 aliphatic rings. The fraction of sp³-hybridized carbons (Fsp3) is 0.720. The Morgan fingerprint density at radius 2 is 1.47 bits per heavy atom. The van der Waals surface area contributed by atoms with E-state index in [4.69, 9.17) is 0 Å². The molecule has 1 saturated carbocycles. The number of benzene rings is 1. The van der Waals surface area contributed by atoms with Crippen LogP contribution in [0, 0.1) is 0 Å². The van der Waals surface area contributed by atoms with Gasteiger partial charge in [0.2, 0.25) is 5.91 Å². The molecule has 0 radical (unpaired) electrons. The molecule has 2 saturated heterocycles. The van der Waals surface area contributed by atoms with E-state index in [0.29, 0.717) is 18.4 Å². The molecule has 0 bridgehead atoms. The van der Waals surface area contributed by atoms with Crippen molar-refractivity contribution in [2.45, 2.75) is 58.0 Å². The summed E-state index contributed by atoms with van der Waals surface area (Å²) in [5.74, 6) is 0.921. The number of amides is 1. The minimum atomic E-state index is 0.332. The van der Waals surface area contributed by atoms with Gasteiger partial charge in [-0.15, -0.1) is 0 Å². The summed E-state index contributed by atoms with van der Waals surface area (Å²) in [5.41, 5.74) is 2.80. The van der Waals surface area contributed by atoms with Gasteiger partial charge in [0.15, 0.2) is 0 Å². The summed E-state index contributed by atoms with van der Waals surface area (Å²) < 4.78 is 0. The molecule has 2 heterocycles. The van der Waals surface area contributed by atoms with E-state index in [0.717, 1.165) is 64.9 Å². The summed E-state index contributed by atoms with van der Waals surface area (Å²) in [6.45, 7) is 14.2. The van der Waals surface area contributed by atoms with Gasteiger partial charge in [-0.1, -0.05) is 51.0 Å². The van der Waals surface area contributed by atoms with Crippen molar-refractivity contribution in [3.05, 3.63) is 35.4 Å². The second-order valence-electron chi connectivity index (χ2n) is 9.80. The van der Waals surface area contributed by atoms with Crippen LogP contribution in [-0.2, 0) is 11.3 Å². The topological polar surface area (TPSA) is 30.0 Å². The van der Waals surface area contributed by atoms with Crippen LogP contribution in [0.25, 0.3) is 0 Å². The molecule has 2 aliphatic heterocycles. The third-order valence-corrected chi connectivity index (χ3v) is 7.38. The van der Waals surface area contributed by atoms with Crippen LogP contribution >= 0.6 is 0 Å². The second kappa shape index (κ2) is 10.3. The quantitative estimate of drug-likeness (QED) is 0.719. The number of carbonyl (C=O) groups excluding carboxylic acids is 1. The molecule has 1 aromatic rings. The number of carbonyl (C=O) groups is 1. The van der Waals surface area contributed by atoms with Crippen LogP contribution in [0.1, 0.15) is 56.6 Å². The Morgan fingerprint density at radius 1 is 0.867 bits per heavy atom. The van der Waals surface area contributed by atoms with Gasteiger partial charge >= 0.3 is 0 Å². The lowest BCUT2D eigenvalue weighted by Gasteiger charge is -2.39. The highest BCUT2D eigenvalue weighted by Gasteiger charge is 2.29. The van der Waals surface area contributed by atoms with Crippen LogP contribution in [0.4, 0.5) is 0 Å². The fourth-order valence-electron chi connectivity index (χ4n) is 5.27. The SMILES string of the molecule is CC(C)c1ccc(CN2CCN(CC(=O)N3CCN(C4CCCC4)CC3)CC2)cc1. The van der Waals surface area contributed by atoms with Crippen LogP contribution in [-0.4, -0.2) is 90.5 Å². The number of hydrogen-bond acceptors (Lipinski definition) is 4. The fourth-order valence-corrected chi connectivity index (χ4v) is 5.27. The van der Waals surface area contributed by atoms with Crippen molar-refractivity contribution in [2.75, 3.05) is 58.9 Å². The Kier molecular flexibility index (Phi) is 7.45. The molecule has 0 N–H and O–H groups in total. The first-order valence-corrected chi connectivity index (χ1v) is 12.1. The monoisotopic (exact) mass is 412 g/mol. The number of nitrogens with zero attached hydrogens (tertiary/aromatic N) is 4. The zero-order valence-electron chi connectivity index (χ0n) is 19.1. The minimum Gasteiger partial charge on any atom is -0.339 e. The first kappa shape index (κ1) is 21.8. The van der Waals surface area contributed by atoms with E-state index in [1.165, 1.54) is 36.8 Å². The summed E-state index contributed by atoms with van der Waals surface area (Å²) in [6.07, 6.45) is 5.50. The van der Waals surface area contributed by atoms with Crippen LogP contribution in [0.2, 0.25) is 0 Å². The van der Waals surface area contributed by atoms with E-state index in [1.54, 1.807) is 0 Å². The molecule has 166 valence electrons. The Morgan fingerprint density at radius 3 is 2.07 bits per heavy atom. The van der Waals surface area contributed by atoms with Crippen LogP contribution in [0.15, 0.2) is 24.3 Å². The zero-order valence-corrected chi connectivity index (χ0v) is 19.1. The molecule has 0 spiro atoms. The molecule has 30 heavy (non-hydrogen) atoms. The first-order valence-electron chi connectivity index (χ1n) is 12.1. The Labute approximate surface area is 183 Å². The van der Waals surface area contributed by atoms with Gasteiger partial charge in [-0.3, -0.25) is 19.5 Å². The summed E-state index contributed by atoms with van der Waals surface area (Å²) in [7, 11) is 0. The molecular weight excluding hydrogens is 372 g/mol. The maximum Gasteiger partial charge on any atom is 0.236 e. The standard InChI is InChI=1S/C25H40N4O/c1-21(2)23-9-7-22(8-10-23)19-26-11-13-27(14-12-26)20-25(30)29-17-15-28(16-18-29)24-5-3-4-6-24/h7-10,21,24H,3-6,11-20H2,1-2H3. The van der Waals surface area contributed by atoms with Gasteiger partial charge < -0.3 is 4.90 Å². The highest BCUT2D eigenvalue weighted by molar-refractivity contribution is 5.78. The Bertz CT molecular complexity index is 667. The normalized spacial score (nSPS) is 22.8. The lowest BCUT2D eigenvalue weighted by Crippen LogP contribution is -2.54. The average molecular weight is 413 g/mol. The zero-order chi connectivity index (χ0) is 20.9. The predicted molar refractivity (Wildman–Crippen MR) is 123 cm³/mol. The summed E-state index contributed by atoms with van der Waals surface area (Å²) >= 11 is 0. The summed E-state index contributed by atoms with van der Waals surface area (Å²) in [6, 6.07) is 9.87. The predicted octanol–water partition coefficient (Wildman–Crippen LogP) is 3.01. The summed E-state index contributed by atoms with van der Waals surface area (Å²) in [5, 5.41) is 0. The van der Waals surface area contributed by atoms with Crippen molar-refractivity contribution < 1.29 is 4.79 Å². The van der Waals surface area contributed by atoms with Crippen LogP contribution in [0.3, 0.4) is 0 Å². The lowest BCUT2D eigenvalue weighted by molar-refractivity contribution is -0.135. The van der Waals surface area contributed by atoms with Crippen molar-refractivity contribution in [3.8, 4) is 0 Å². The molecule has 4 rings (SSSR count). The number of piperazine rings is 2. The van der Waals surface area contributed by atoms with Crippen LogP contribution < -0.4 is 0 Å². The molecule has 5 nitrogen and oxygen atoms in total. The van der Waals surface area contributed by atoms with Gasteiger partial charge in [0.25, 0.3) is 0 Å². The minimum absolute atomic E-state index is 0.332. The van der Waals surface area contributed by atoms with E-state index in [2.05, 4.69) is 57.7 Å². The largest absolute Gasteiger partial charge is 0.339 e. The third kappa shape index (κ3) is 5.63. The van der Waals surface area contributed by atoms with Gasteiger partial charge in [0, 0.05) is 64.9 Å². The van der Waals surface area contributed by atoms with E-state index < -0.39 is 0 Å². The van der Waals surface area contributed by atoms with Gasteiger partial charge in [0.05, 0.1) is 6.54 Å². The van der Waals surface area contributed by atoms with Crippen LogP contribution in [0.5, 0.6) is 0 Å². The Hall–Kier alpha value is -1.43. The molecule has 1 aliphatic carbocycles. The number of hydrogen-bond donors (Lipinski definition) is 0. The molecule has 5 heteroatoms. The lowest BCUT2D eigenvalue weighted by atomic mass is 10.0. The highest BCUT2D eigenvalue weighted by Crippen LogP contribution is 2.24. The molecule has 0 atom stereocenters. The summed E-state index contributed by atoms with van der Waals surface area (Å²) in [4.78, 5) is 22.4. The van der Waals surface area contributed by atoms with Gasteiger partial charge in [-0.05, 0) is 29.9 Å². The maximum atomic E-state index is 12.8. The third-order valence-electron chi connectivity index (χ3n) is 7.38. The van der Waals surface area contributed by atoms with E-state index in [1.807, 2.05) is 0 Å². The second-order valence-corrected chi connectivity index (χ2v) is 9.80. The van der Waals surface area contributed by atoms with E-state index >= 15 is 0 Å². The van der Waals surface area contributed by atoms with Gasteiger partial charge in [-0.25, -0.2) is 0 Å². The van der Waals surface area contributed by atoms with Crippen molar-refractivity contribution in [1.82, 2.24) is 19.6 Å². The molecule has 3 fully saturated rings. The maximum absolute atomic E-state index is 12.8. The van der Waals surface area contributed by atoms with Crippen molar-refractivity contribution in [1.29, 1.82) is 0 Å². The molecule has 1 aromatic carbocycles. The molecular formula is C25H40N4O. The van der Waals surface area contributed by atoms with Gasteiger partial charge in [0.1, 0.15) is 0 Å². The van der Waals surface area contributed by atoms with E-state index in [9.17, 15) is 4.79 Å². The molecule has 0 unspecified atom stereocenters. The highest BCUT2D eigenvalue weighted by atomic mass is 16.2. The van der Waals surface area contributed by atoms with Crippen molar-refractivity contribution >= 4 is 5.91 Å². The van der Waals surface area contributed by atoms with Crippen molar-refractivity contribution in [3.63, 3.8) is 0 Å². The van der Waals surface area contributed by atoms with Gasteiger partial charge in [-0.2, -0.15) is 0 Å².